The van der Waals surface area contributed by atoms with Crippen molar-refractivity contribution >= 4 is 5.97 Å². The van der Waals surface area contributed by atoms with Crippen molar-refractivity contribution in [2.24, 2.45) is 17.8 Å². The van der Waals surface area contributed by atoms with Gasteiger partial charge in [0.05, 0.1) is 18.6 Å². The van der Waals surface area contributed by atoms with Crippen LogP contribution in [0.25, 0.3) is 0 Å². The minimum atomic E-state index is -0.00968. The average Bonchev–Trinajstić information content (AvgIpc) is 2.61. The topological polar surface area (TPSA) is 35.5 Å². The lowest BCUT2D eigenvalue weighted by Gasteiger charge is -2.32. The molecule has 3 heteroatoms. The first-order chi connectivity index (χ1) is 7.24. The molecule has 0 bridgehead atoms. The summed E-state index contributed by atoms with van der Waals surface area (Å²) in [4.78, 5) is 11.8. The summed E-state index contributed by atoms with van der Waals surface area (Å²) in [5.41, 5.74) is 0. The lowest BCUT2D eigenvalue weighted by molar-refractivity contribution is -0.153. The molecule has 0 N–H and O–H groups in total. The zero-order valence-electron chi connectivity index (χ0n) is 9.57. The Morgan fingerprint density at radius 3 is 3.00 bits per heavy atom. The van der Waals surface area contributed by atoms with Crippen LogP contribution in [0.2, 0.25) is 0 Å². The number of hydrogen-bond acceptors (Lipinski definition) is 3. The fourth-order valence-corrected chi connectivity index (χ4v) is 3.05. The maximum atomic E-state index is 11.8. The Morgan fingerprint density at radius 1 is 1.47 bits per heavy atom. The Kier molecular flexibility index (Phi) is 3.29. The van der Waals surface area contributed by atoms with Gasteiger partial charge in [0, 0.05) is 12.5 Å². The summed E-state index contributed by atoms with van der Waals surface area (Å²) in [6.07, 6.45) is 3.50. The van der Waals surface area contributed by atoms with Crippen molar-refractivity contribution in [1.82, 2.24) is 0 Å². The maximum absolute atomic E-state index is 11.8. The van der Waals surface area contributed by atoms with Gasteiger partial charge in [0.2, 0.25) is 0 Å². The Balaban J connectivity index is 2.06. The van der Waals surface area contributed by atoms with E-state index in [9.17, 15) is 4.79 Å². The summed E-state index contributed by atoms with van der Waals surface area (Å²) in [7, 11) is 0. The van der Waals surface area contributed by atoms with E-state index in [2.05, 4.69) is 6.92 Å². The number of fused-ring (bicyclic) bond motifs is 1. The van der Waals surface area contributed by atoms with E-state index < -0.39 is 0 Å². The zero-order chi connectivity index (χ0) is 10.8. The Hall–Kier alpha value is -0.570. The molecule has 1 aliphatic heterocycles. The van der Waals surface area contributed by atoms with E-state index in [4.69, 9.17) is 9.47 Å². The van der Waals surface area contributed by atoms with E-state index in [-0.39, 0.29) is 11.9 Å². The minimum Gasteiger partial charge on any atom is -0.466 e. The molecule has 0 aromatic heterocycles. The molecule has 3 nitrogen and oxygen atoms in total. The zero-order valence-corrected chi connectivity index (χ0v) is 9.57. The smallest absolute Gasteiger partial charge is 0.309 e. The molecule has 1 saturated carbocycles. The van der Waals surface area contributed by atoms with Crippen molar-refractivity contribution in [3.8, 4) is 0 Å². The molecule has 1 saturated heterocycles. The maximum Gasteiger partial charge on any atom is 0.309 e. The second-order valence-corrected chi connectivity index (χ2v) is 4.72. The fourth-order valence-electron chi connectivity index (χ4n) is 3.05. The molecule has 2 rings (SSSR count). The summed E-state index contributed by atoms with van der Waals surface area (Å²) in [5, 5.41) is 0. The van der Waals surface area contributed by atoms with Gasteiger partial charge in [-0.05, 0) is 32.1 Å². The van der Waals surface area contributed by atoms with Crippen LogP contribution in [0.3, 0.4) is 0 Å². The lowest BCUT2D eigenvalue weighted by atomic mass is 9.73. The third kappa shape index (κ3) is 2.03. The van der Waals surface area contributed by atoms with Crippen LogP contribution >= 0.6 is 0 Å². The summed E-state index contributed by atoms with van der Waals surface area (Å²) < 4.78 is 10.9. The number of carbonyl (C=O) groups is 1. The van der Waals surface area contributed by atoms with Crippen molar-refractivity contribution in [3.05, 3.63) is 0 Å². The predicted octanol–water partition coefficient (Wildman–Crippen LogP) is 2.00. The van der Waals surface area contributed by atoms with Crippen LogP contribution < -0.4 is 0 Å². The van der Waals surface area contributed by atoms with Gasteiger partial charge in [-0.1, -0.05) is 6.92 Å². The number of ether oxygens (including phenoxy) is 2. The molecule has 1 heterocycles. The van der Waals surface area contributed by atoms with Crippen molar-refractivity contribution < 1.29 is 14.3 Å². The minimum absolute atomic E-state index is 0.00968. The van der Waals surface area contributed by atoms with Crippen molar-refractivity contribution in [1.29, 1.82) is 0 Å². The van der Waals surface area contributed by atoms with E-state index in [1.54, 1.807) is 0 Å². The van der Waals surface area contributed by atoms with Gasteiger partial charge >= 0.3 is 5.97 Å². The second-order valence-electron chi connectivity index (χ2n) is 4.72. The second kappa shape index (κ2) is 4.52. The molecule has 4 atom stereocenters. The average molecular weight is 212 g/mol. The van der Waals surface area contributed by atoms with Gasteiger partial charge in [-0.2, -0.15) is 0 Å². The molecule has 0 unspecified atom stereocenters. The van der Waals surface area contributed by atoms with E-state index in [0.29, 0.717) is 24.5 Å². The molecule has 1 aliphatic carbocycles. The van der Waals surface area contributed by atoms with E-state index in [1.165, 1.54) is 0 Å². The Morgan fingerprint density at radius 2 is 2.27 bits per heavy atom. The molecular formula is C12H20O3. The highest BCUT2D eigenvalue weighted by atomic mass is 16.5. The van der Waals surface area contributed by atoms with Gasteiger partial charge in [-0.3, -0.25) is 4.79 Å². The highest BCUT2D eigenvalue weighted by Crippen LogP contribution is 2.42. The molecule has 2 aliphatic rings. The van der Waals surface area contributed by atoms with Crippen LogP contribution in [0.15, 0.2) is 0 Å². The van der Waals surface area contributed by atoms with E-state index in [1.807, 2.05) is 6.92 Å². The summed E-state index contributed by atoms with van der Waals surface area (Å²) >= 11 is 0. The third-order valence-corrected chi connectivity index (χ3v) is 3.72. The number of esters is 1. The molecule has 0 aromatic carbocycles. The number of carbonyl (C=O) groups excluding carboxylic acids is 1. The molecule has 86 valence electrons. The van der Waals surface area contributed by atoms with Crippen LogP contribution in [0.4, 0.5) is 0 Å². The summed E-state index contributed by atoms with van der Waals surface area (Å²) in [5.74, 6) is 0.980. The molecule has 15 heavy (non-hydrogen) atoms. The molecule has 0 radical (unpaired) electrons. The molecule has 2 fully saturated rings. The van der Waals surface area contributed by atoms with Gasteiger partial charge in [0.1, 0.15) is 0 Å². The summed E-state index contributed by atoms with van der Waals surface area (Å²) in [6.45, 7) is 5.35. The van der Waals surface area contributed by atoms with Crippen molar-refractivity contribution in [2.75, 3.05) is 13.2 Å². The van der Waals surface area contributed by atoms with E-state index >= 15 is 0 Å². The van der Waals surface area contributed by atoms with Gasteiger partial charge in [-0.25, -0.2) is 0 Å². The highest BCUT2D eigenvalue weighted by Gasteiger charge is 2.45. The monoisotopic (exact) mass is 212 g/mol. The van der Waals surface area contributed by atoms with Gasteiger partial charge in [0.15, 0.2) is 0 Å². The van der Waals surface area contributed by atoms with Crippen LogP contribution in [-0.2, 0) is 14.3 Å². The van der Waals surface area contributed by atoms with Gasteiger partial charge < -0.3 is 9.47 Å². The number of hydrogen-bond donors (Lipinski definition) is 0. The van der Waals surface area contributed by atoms with Gasteiger partial charge in [-0.15, -0.1) is 0 Å². The van der Waals surface area contributed by atoms with Gasteiger partial charge in [0.25, 0.3) is 0 Å². The molecule has 0 spiro atoms. The fraction of sp³-hybridized carbons (Fsp3) is 0.917. The largest absolute Gasteiger partial charge is 0.466 e. The molecular weight excluding hydrogens is 192 g/mol. The number of rotatable bonds is 2. The van der Waals surface area contributed by atoms with Crippen LogP contribution in [0, 0.1) is 17.8 Å². The van der Waals surface area contributed by atoms with Crippen molar-refractivity contribution in [2.45, 2.75) is 39.2 Å². The first-order valence-electron chi connectivity index (χ1n) is 6.02. The molecule has 0 amide bonds. The highest BCUT2D eigenvalue weighted by molar-refractivity contribution is 5.73. The van der Waals surface area contributed by atoms with Crippen LogP contribution in [0.1, 0.15) is 33.1 Å². The van der Waals surface area contributed by atoms with Crippen LogP contribution in [0.5, 0.6) is 0 Å². The first-order valence-corrected chi connectivity index (χ1v) is 6.02. The Labute approximate surface area is 91.1 Å². The summed E-state index contributed by atoms with van der Waals surface area (Å²) in [6, 6.07) is 0. The SMILES string of the molecule is CCOC(=O)[C@@H]1CCC[C@@H]2OC[C@@H](C)[C@H]21. The van der Waals surface area contributed by atoms with E-state index in [0.717, 1.165) is 25.9 Å². The third-order valence-electron chi connectivity index (χ3n) is 3.72. The normalized spacial score (nSPS) is 39.9. The van der Waals surface area contributed by atoms with Crippen LogP contribution in [-0.4, -0.2) is 25.3 Å². The first kappa shape index (κ1) is 10.9. The van der Waals surface area contributed by atoms with Crippen molar-refractivity contribution in [3.63, 3.8) is 0 Å². The quantitative estimate of drug-likeness (QED) is 0.657. The standard InChI is InChI=1S/C12H20O3/c1-3-14-12(13)9-5-4-6-10-11(9)8(2)7-15-10/h8-11H,3-7H2,1-2H3/t8-,9-,10+,11+/m1/s1. The predicted molar refractivity (Wildman–Crippen MR) is 56.4 cm³/mol. The lowest BCUT2D eigenvalue weighted by Crippen LogP contribution is -2.37. The molecule has 0 aromatic rings. The Bertz CT molecular complexity index is 237.